The molecule has 4 heterocycles. The van der Waals surface area contributed by atoms with Crippen molar-refractivity contribution in [3.63, 3.8) is 0 Å². The van der Waals surface area contributed by atoms with Crippen molar-refractivity contribution < 1.29 is 14.7 Å². The van der Waals surface area contributed by atoms with E-state index in [4.69, 9.17) is 4.98 Å². The Morgan fingerprint density at radius 1 is 1.03 bits per heavy atom. The zero-order chi connectivity index (χ0) is 26.7. The molecular formula is C30H26N4O3S. The number of amides is 1. The summed E-state index contributed by atoms with van der Waals surface area (Å²) >= 11 is 1.37. The third-order valence-electron chi connectivity index (χ3n) is 7.10. The van der Waals surface area contributed by atoms with E-state index in [-0.39, 0.29) is 11.3 Å². The second kappa shape index (κ2) is 8.92. The van der Waals surface area contributed by atoms with E-state index in [1.807, 2.05) is 62.4 Å². The number of imidazole rings is 1. The van der Waals surface area contributed by atoms with E-state index < -0.39 is 17.7 Å². The summed E-state index contributed by atoms with van der Waals surface area (Å²) < 4.78 is 2.68. The normalized spacial score (nSPS) is 17.3. The van der Waals surface area contributed by atoms with E-state index >= 15 is 0 Å². The minimum Gasteiger partial charge on any atom is -0.505 e. The monoisotopic (exact) mass is 522 g/mol. The lowest BCUT2D eigenvalue weighted by molar-refractivity contribution is -0.132. The molecule has 1 unspecified atom stereocenters. The molecule has 1 atom stereocenters. The molecule has 1 amide bonds. The fourth-order valence-corrected chi connectivity index (χ4v) is 6.44. The number of hydrogen-bond acceptors (Lipinski definition) is 6. The molecule has 0 aliphatic carbocycles. The van der Waals surface area contributed by atoms with E-state index in [1.165, 1.54) is 16.2 Å². The largest absolute Gasteiger partial charge is 0.505 e. The molecule has 2 aromatic carbocycles. The average Bonchev–Trinajstić information content (AvgIpc) is 3.55. The predicted molar refractivity (Wildman–Crippen MR) is 150 cm³/mol. The van der Waals surface area contributed by atoms with Crippen LogP contribution in [0.15, 0.2) is 66.4 Å². The fraction of sp³-hybridized carbons (Fsp3) is 0.200. The molecule has 0 bridgehead atoms. The van der Waals surface area contributed by atoms with Gasteiger partial charge in [0.05, 0.1) is 27.5 Å². The summed E-state index contributed by atoms with van der Waals surface area (Å²) in [5, 5.41) is 12.1. The number of Topliss-reactive ketones (excluding diaryl/α,β-unsaturated/α-hetero) is 1. The first-order valence-electron chi connectivity index (χ1n) is 12.5. The average molecular weight is 523 g/mol. The van der Waals surface area contributed by atoms with Gasteiger partial charge in [-0.15, -0.1) is 0 Å². The molecule has 5 aromatic rings. The van der Waals surface area contributed by atoms with Crippen molar-refractivity contribution >= 4 is 49.8 Å². The van der Waals surface area contributed by atoms with Gasteiger partial charge >= 0.3 is 5.91 Å². The molecule has 7 nitrogen and oxygen atoms in total. The molecule has 3 aromatic heterocycles. The number of aryl methyl sites for hydroxylation is 4. The number of aromatic nitrogens is 3. The molecule has 8 heteroatoms. The van der Waals surface area contributed by atoms with Crippen molar-refractivity contribution in [1.29, 1.82) is 0 Å². The zero-order valence-corrected chi connectivity index (χ0v) is 22.3. The number of carbonyl (C=O) groups is 2. The minimum absolute atomic E-state index is 0.0279. The maximum absolute atomic E-state index is 13.7. The van der Waals surface area contributed by atoms with Gasteiger partial charge in [-0.25, -0.2) is 9.97 Å². The first-order chi connectivity index (χ1) is 18.3. The van der Waals surface area contributed by atoms with Crippen molar-refractivity contribution in [2.45, 2.75) is 40.2 Å². The number of anilines is 1. The van der Waals surface area contributed by atoms with Crippen molar-refractivity contribution in [3.05, 3.63) is 100 Å². The van der Waals surface area contributed by atoms with Gasteiger partial charge in [-0.1, -0.05) is 54.7 Å². The quantitative estimate of drug-likeness (QED) is 0.176. The summed E-state index contributed by atoms with van der Waals surface area (Å²) in [5.41, 5.74) is 6.38. The Balaban J connectivity index is 1.61. The second-order valence-corrected chi connectivity index (χ2v) is 10.7. The van der Waals surface area contributed by atoms with Crippen LogP contribution in [-0.2, 0) is 16.0 Å². The van der Waals surface area contributed by atoms with Gasteiger partial charge in [0.25, 0.3) is 5.78 Å². The summed E-state index contributed by atoms with van der Waals surface area (Å²) in [6.07, 6.45) is 2.64. The highest BCUT2D eigenvalue weighted by atomic mass is 32.1. The zero-order valence-electron chi connectivity index (χ0n) is 21.5. The Kier molecular flexibility index (Phi) is 5.65. The molecule has 6 rings (SSSR count). The van der Waals surface area contributed by atoms with Crippen LogP contribution in [-0.4, -0.2) is 31.2 Å². The van der Waals surface area contributed by atoms with Gasteiger partial charge in [-0.05, 0) is 67.6 Å². The van der Waals surface area contributed by atoms with Gasteiger partial charge in [-0.3, -0.25) is 18.9 Å². The molecule has 1 fully saturated rings. The smallest absolute Gasteiger partial charge is 0.301 e. The lowest BCUT2D eigenvalue weighted by Crippen LogP contribution is -2.29. The van der Waals surface area contributed by atoms with E-state index in [9.17, 15) is 14.7 Å². The first kappa shape index (κ1) is 24.1. The molecule has 1 aliphatic heterocycles. The lowest BCUT2D eigenvalue weighted by atomic mass is 9.95. The number of pyridine rings is 1. The van der Waals surface area contributed by atoms with Gasteiger partial charge < -0.3 is 5.11 Å². The van der Waals surface area contributed by atoms with Gasteiger partial charge in [0.2, 0.25) is 0 Å². The standard InChI is InChI=1S/C30H26N4O3S/c1-5-19-9-11-20(12-10-19)26-23(27(35)25-18(4)31-22-8-6-7-13-33(22)25)28(36)29(37)34(26)30-32-24-17(3)14-16(2)15-21(24)38-30/h6-15,26,35H,5H2,1-4H3/b27-23+. The van der Waals surface area contributed by atoms with Crippen LogP contribution in [0.4, 0.5) is 5.13 Å². The van der Waals surface area contributed by atoms with Crippen molar-refractivity contribution in [3.8, 4) is 0 Å². The molecule has 1 aliphatic rings. The van der Waals surface area contributed by atoms with Gasteiger partial charge in [0, 0.05) is 6.20 Å². The van der Waals surface area contributed by atoms with Crippen molar-refractivity contribution in [2.75, 3.05) is 4.90 Å². The SMILES string of the molecule is CCc1ccc(C2/C(=C(\O)c3c(C)nc4ccccn34)C(=O)C(=O)N2c2nc3c(C)cc(C)cc3s2)cc1. The number of benzene rings is 2. The summed E-state index contributed by atoms with van der Waals surface area (Å²) in [5.74, 6) is -1.71. The highest BCUT2D eigenvalue weighted by Crippen LogP contribution is 2.45. The highest BCUT2D eigenvalue weighted by Gasteiger charge is 2.48. The number of aliphatic hydroxyl groups is 1. The van der Waals surface area contributed by atoms with Crippen LogP contribution < -0.4 is 4.90 Å². The van der Waals surface area contributed by atoms with Crippen LogP contribution in [0, 0.1) is 20.8 Å². The Morgan fingerprint density at radius 2 is 1.79 bits per heavy atom. The van der Waals surface area contributed by atoms with E-state index in [1.54, 1.807) is 17.5 Å². The van der Waals surface area contributed by atoms with E-state index in [0.717, 1.165) is 38.9 Å². The Labute approximate surface area is 223 Å². The molecule has 38 heavy (non-hydrogen) atoms. The number of carbonyl (C=O) groups excluding carboxylic acids is 2. The maximum Gasteiger partial charge on any atom is 0.301 e. The summed E-state index contributed by atoms with van der Waals surface area (Å²) in [6, 6.07) is 16.6. The third-order valence-corrected chi connectivity index (χ3v) is 8.10. The van der Waals surface area contributed by atoms with Crippen LogP contribution in [0.1, 0.15) is 46.6 Å². The molecule has 0 saturated carbocycles. The van der Waals surface area contributed by atoms with Crippen LogP contribution in [0.5, 0.6) is 0 Å². The van der Waals surface area contributed by atoms with Gasteiger partial charge in [0.1, 0.15) is 11.3 Å². The molecule has 190 valence electrons. The van der Waals surface area contributed by atoms with Crippen molar-refractivity contribution in [1.82, 2.24) is 14.4 Å². The number of hydrogen-bond donors (Lipinski definition) is 1. The number of nitrogens with zero attached hydrogens (tertiary/aromatic N) is 4. The summed E-state index contributed by atoms with van der Waals surface area (Å²) in [4.78, 5) is 38.1. The third kappa shape index (κ3) is 3.63. The number of thiazole rings is 1. The molecule has 0 spiro atoms. The maximum atomic E-state index is 13.7. The topological polar surface area (TPSA) is 87.8 Å². The number of ketones is 1. The Hall–Kier alpha value is -4.30. The Morgan fingerprint density at radius 3 is 2.53 bits per heavy atom. The number of aliphatic hydroxyl groups excluding tert-OH is 1. The lowest BCUT2D eigenvalue weighted by Gasteiger charge is -2.23. The van der Waals surface area contributed by atoms with Crippen LogP contribution >= 0.6 is 11.3 Å². The van der Waals surface area contributed by atoms with Crippen LogP contribution in [0.2, 0.25) is 0 Å². The van der Waals surface area contributed by atoms with Crippen molar-refractivity contribution in [2.24, 2.45) is 0 Å². The minimum atomic E-state index is -0.837. The second-order valence-electron chi connectivity index (χ2n) is 9.66. The summed E-state index contributed by atoms with van der Waals surface area (Å²) in [6.45, 7) is 7.86. The predicted octanol–water partition coefficient (Wildman–Crippen LogP) is 6.06. The van der Waals surface area contributed by atoms with Gasteiger partial charge in [0.15, 0.2) is 10.9 Å². The van der Waals surface area contributed by atoms with E-state index in [2.05, 4.69) is 18.0 Å². The van der Waals surface area contributed by atoms with Crippen LogP contribution in [0.3, 0.4) is 0 Å². The summed E-state index contributed by atoms with van der Waals surface area (Å²) in [7, 11) is 0. The molecule has 1 N–H and O–H groups in total. The number of fused-ring (bicyclic) bond motifs is 2. The van der Waals surface area contributed by atoms with Crippen LogP contribution in [0.25, 0.3) is 21.6 Å². The Bertz CT molecular complexity index is 1800. The van der Waals surface area contributed by atoms with Gasteiger partial charge in [-0.2, -0.15) is 0 Å². The van der Waals surface area contributed by atoms with E-state index in [0.29, 0.717) is 22.2 Å². The number of rotatable bonds is 4. The molecular weight excluding hydrogens is 496 g/mol. The fourth-order valence-electron chi connectivity index (χ4n) is 5.27. The highest BCUT2D eigenvalue weighted by molar-refractivity contribution is 7.22. The molecule has 1 saturated heterocycles. The molecule has 0 radical (unpaired) electrons. The first-order valence-corrected chi connectivity index (χ1v) is 13.3.